The fourth-order valence-electron chi connectivity index (χ4n) is 1.70. The molecule has 0 saturated carbocycles. The SMILES string of the molecule is NC(c1ccc(Br)cc1Cl)c1ccc(F)c(F)c1F. The zero-order valence-corrected chi connectivity index (χ0v) is 11.8. The second kappa shape index (κ2) is 5.53. The lowest BCUT2D eigenvalue weighted by atomic mass is 9.99. The van der Waals surface area contributed by atoms with Gasteiger partial charge in [-0.05, 0) is 23.8 Å². The van der Waals surface area contributed by atoms with E-state index in [0.717, 1.165) is 16.6 Å². The maximum absolute atomic E-state index is 13.7. The summed E-state index contributed by atoms with van der Waals surface area (Å²) in [5.74, 6) is -4.09. The smallest absolute Gasteiger partial charge is 0.194 e. The third-order valence-electron chi connectivity index (χ3n) is 2.70. The van der Waals surface area contributed by atoms with Gasteiger partial charge in [-0.3, -0.25) is 0 Å². The highest BCUT2D eigenvalue weighted by atomic mass is 79.9. The van der Waals surface area contributed by atoms with E-state index in [9.17, 15) is 13.2 Å². The second-order valence-corrected chi connectivity index (χ2v) is 5.23. The van der Waals surface area contributed by atoms with Gasteiger partial charge in [-0.25, -0.2) is 13.2 Å². The highest BCUT2D eigenvalue weighted by Gasteiger charge is 2.21. The molecular weight excluding hydrogens is 343 g/mol. The molecule has 1 atom stereocenters. The summed E-state index contributed by atoms with van der Waals surface area (Å²) < 4.78 is 40.5. The van der Waals surface area contributed by atoms with E-state index in [1.165, 1.54) is 0 Å². The minimum Gasteiger partial charge on any atom is -0.320 e. The van der Waals surface area contributed by atoms with Crippen molar-refractivity contribution in [3.63, 3.8) is 0 Å². The van der Waals surface area contributed by atoms with Crippen molar-refractivity contribution in [3.05, 3.63) is 68.4 Å². The van der Waals surface area contributed by atoms with E-state index in [1.807, 2.05) is 0 Å². The average Bonchev–Trinajstić information content (AvgIpc) is 2.35. The third-order valence-corrected chi connectivity index (χ3v) is 3.52. The maximum Gasteiger partial charge on any atom is 0.194 e. The Morgan fingerprint density at radius 3 is 2.26 bits per heavy atom. The minimum absolute atomic E-state index is 0.150. The van der Waals surface area contributed by atoms with Crippen LogP contribution in [-0.2, 0) is 0 Å². The number of benzene rings is 2. The Bertz CT molecular complexity index is 634. The van der Waals surface area contributed by atoms with Gasteiger partial charge in [0.1, 0.15) is 0 Å². The van der Waals surface area contributed by atoms with Gasteiger partial charge in [0.25, 0.3) is 0 Å². The number of halogens is 5. The van der Waals surface area contributed by atoms with Gasteiger partial charge in [0.05, 0.1) is 6.04 Å². The van der Waals surface area contributed by atoms with Crippen molar-refractivity contribution < 1.29 is 13.2 Å². The van der Waals surface area contributed by atoms with Crippen LogP contribution in [-0.4, -0.2) is 0 Å². The van der Waals surface area contributed by atoms with Crippen molar-refractivity contribution in [2.24, 2.45) is 5.73 Å². The lowest BCUT2D eigenvalue weighted by Gasteiger charge is -2.15. The first kappa shape index (κ1) is 14.4. The normalized spacial score (nSPS) is 12.5. The molecule has 0 aliphatic rings. The largest absolute Gasteiger partial charge is 0.320 e. The summed E-state index contributed by atoms with van der Waals surface area (Å²) in [6, 6.07) is 5.83. The maximum atomic E-state index is 13.7. The van der Waals surface area contributed by atoms with E-state index in [4.69, 9.17) is 17.3 Å². The van der Waals surface area contributed by atoms with E-state index >= 15 is 0 Å². The molecule has 0 aromatic heterocycles. The van der Waals surface area contributed by atoms with Crippen LogP contribution >= 0.6 is 27.5 Å². The molecule has 0 bridgehead atoms. The van der Waals surface area contributed by atoms with Crippen LogP contribution in [0.2, 0.25) is 5.02 Å². The molecule has 1 unspecified atom stereocenters. The highest BCUT2D eigenvalue weighted by molar-refractivity contribution is 9.10. The summed E-state index contributed by atoms with van der Waals surface area (Å²) in [4.78, 5) is 0. The van der Waals surface area contributed by atoms with Crippen LogP contribution in [0.15, 0.2) is 34.8 Å². The Morgan fingerprint density at radius 1 is 1.00 bits per heavy atom. The van der Waals surface area contributed by atoms with Gasteiger partial charge < -0.3 is 5.73 Å². The number of hydrogen-bond acceptors (Lipinski definition) is 1. The molecule has 0 fully saturated rings. The van der Waals surface area contributed by atoms with Crippen LogP contribution < -0.4 is 5.73 Å². The van der Waals surface area contributed by atoms with Gasteiger partial charge in [-0.2, -0.15) is 0 Å². The minimum atomic E-state index is -1.54. The third kappa shape index (κ3) is 2.78. The Labute approximate surface area is 121 Å². The molecule has 6 heteroatoms. The Morgan fingerprint density at radius 2 is 1.63 bits per heavy atom. The molecule has 0 aliphatic carbocycles. The molecule has 1 nitrogen and oxygen atoms in total. The van der Waals surface area contributed by atoms with Crippen LogP contribution in [0.4, 0.5) is 13.2 Å². The molecule has 2 aromatic carbocycles. The Kier molecular flexibility index (Phi) is 4.18. The van der Waals surface area contributed by atoms with Crippen LogP contribution in [0.1, 0.15) is 17.2 Å². The molecule has 0 spiro atoms. The predicted molar refractivity (Wildman–Crippen MR) is 71.5 cm³/mol. The van der Waals surface area contributed by atoms with E-state index in [2.05, 4.69) is 15.9 Å². The van der Waals surface area contributed by atoms with Gasteiger partial charge in [0.2, 0.25) is 0 Å². The topological polar surface area (TPSA) is 26.0 Å². The van der Waals surface area contributed by atoms with Gasteiger partial charge in [0.15, 0.2) is 17.5 Å². The second-order valence-electron chi connectivity index (χ2n) is 3.91. The standard InChI is InChI=1S/C13H8BrClF3N/c14-6-1-2-7(9(15)5-6)13(19)8-3-4-10(16)12(18)11(8)17/h1-5,13H,19H2. The first-order valence-electron chi connectivity index (χ1n) is 5.25. The van der Waals surface area contributed by atoms with Crippen LogP contribution in [0.25, 0.3) is 0 Å². The van der Waals surface area contributed by atoms with E-state index in [-0.39, 0.29) is 5.56 Å². The zero-order valence-electron chi connectivity index (χ0n) is 9.43. The summed E-state index contributed by atoms with van der Waals surface area (Å²) >= 11 is 9.23. The predicted octanol–water partition coefficient (Wildman–Crippen LogP) is 4.57. The first-order chi connectivity index (χ1) is 8.91. The van der Waals surface area contributed by atoms with Crippen LogP contribution in [0.5, 0.6) is 0 Å². The van der Waals surface area contributed by atoms with Crippen molar-refractivity contribution in [3.8, 4) is 0 Å². The lowest BCUT2D eigenvalue weighted by Crippen LogP contribution is -2.15. The van der Waals surface area contributed by atoms with Crippen molar-refractivity contribution >= 4 is 27.5 Å². The molecule has 0 saturated heterocycles. The quantitative estimate of drug-likeness (QED) is 0.789. The number of hydrogen-bond donors (Lipinski definition) is 1. The summed E-state index contributed by atoms with van der Waals surface area (Å²) in [5.41, 5.74) is 6.13. The fraction of sp³-hybridized carbons (Fsp3) is 0.0769. The van der Waals surface area contributed by atoms with Crippen LogP contribution in [0, 0.1) is 17.5 Å². The molecule has 0 amide bonds. The first-order valence-corrected chi connectivity index (χ1v) is 6.43. The van der Waals surface area contributed by atoms with Crippen molar-refractivity contribution in [2.75, 3.05) is 0 Å². The zero-order chi connectivity index (χ0) is 14.2. The van der Waals surface area contributed by atoms with Gasteiger partial charge in [-0.1, -0.05) is 39.7 Å². The van der Waals surface area contributed by atoms with Gasteiger partial charge in [-0.15, -0.1) is 0 Å². The molecular formula is C13H8BrClF3N. The summed E-state index contributed by atoms with van der Waals surface area (Å²) in [6.07, 6.45) is 0. The summed E-state index contributed by atoms with van der Waals surface area (Å²) in [7, 11) is 0. The number of rotatable bonds is 2. The molecule has 2 rings (SSSR count). The summed E-state index contributed by atoms with van der Waals surface area (Å²) in [6.45, 7) is 0. The Balaban J connectivity index is 2.50. The lowest BCUT2D eigenvalue weighted by molar-refractivity contribution is 0.438. The summed E-state index contributed by atoms with van der Waals surface area (Å²) in [5, 5.41) is 0.311. The monoisotopic (exact) mass is 349 g/mol. The van der Waals surface area contributed by atoms with Crippen LogP contribution in [0.3, 0.4) is 0 Å². The highest BCUT2D eigenvalue weighted by Crippen LogP contribution is 2.31. The van der Waals surface area contributed by atoms with Gasteiger partial charge >= 0.3 is 0 Å². The number of nitrogens with two attached hydrogens (primary N) is 1. The van der Waals surface area contributed by atoms with E-state index in [0.29, 0.717) is 10.6 Å². The molecule has 2 aromatic rings. The van der Waals surface area contributed by atoms with E-state index in [1.54, 1.807) is 18.2 Å². The van der Waals surface area contributed by atoms with Crippen molar-refractivity contribution in [1.82, 2.24) is 0 Å². The Hall–Kier alpha value is -1.04. The molecule has 19 heavy (non-hydrogen) atoms. The molecule has 0 heterocycles. The van der Waals surface area contributed by atoms with Gasteiger partial charge in [0, 0.05) is 15.1 Å². The molecule has 100 valence electrons. The van der Waals surface area contributed by atoms with E-state index < -0.39 is 23.5 Å². The molecule has 0 aliphatic heterocycles. The van der Waals surface area contributed by atoms with Crippen molar-refractivity contribution in [1.29, 1.82) is 0 Å². The average molecular weight is 351 g/mol. The van der Waals surface area contributed by atoms with Crippen molar-refractivity contribution in [2.45, 2.75) is 6.04 Å². The molecule has 2 N–H and O–H groups in total. The molecule has 0 radical (unpaired) electrons. The fourth-order valence-corrected chi connectivity index (χ4v) is 2.49.